The summed E-state index contributed by atoms with van der Waals surface area (Å²) >= 11 is 0. The van der Waals surface area contributed by atoms with Gasteiger partial charge in [0.1, 0.15) is 23.1 Å². The zero-order chi connectivity index (χ0) is 18.2. The number of carbonyl (C=O) groups excluding carboxylic acids is 1. The lowest BCUT2D eigenvalue weighted by atomic mass is 10.3. The van der Waals surface area contributed by atoms with Gasteiger partial charge in [0.2, 0.25) is 0 Å². The van der Waals surface area contributed by atoms with E-state index in [1.807, 2.05) is 38.4 Å². The van der Waals surface area contributed by atoms with Gasteiger partial charge in [-0.2, -0.15) is 0 Å². The first-order valence-electron chi connectivity index (χ1n) is 8.18. The highest BCUT2D eigenvalue weighted by Gasteiger charge is 2.11. The number of benzene rings is 1. The van der Waals surface area contributed by atoms with Crippen molar-refractivity contribution in [2.75, 3.05) is 39.6 Å². The van der Waals surface area contributed by atoms with Gasteiger partial charge in [-0.15, -0.1) is 0 Å². The van der Waals surface area contributed by atoms with E-state index in [2.05, 4.69) is 25.5 Å². The summed E-state index contributed by atoms with van der Waals surface area (Å²) in [7, 11) is 5.62. The monoisotopic (exact) mass is 343 g/mol. The van der Waals surface area contributed by atoms with Crippen LogP contribution in [0.4, 0.5) is 11.5 Å². The van der Waals surface area contributed by atoms with E-state index >= 15 is 0 Å². The molecule has 0 aliphatic rings. The first kappa shape index (κ1) is 18.7. The van der Waals surface area contributed by atoms with Crippen molar-refractivity contribution in [1.29, 1.82) is 0 Å². The fourth-order valence-corrected chi connectivity index (χ4v) is 2.32. The van der Waals surface area contributed by atoms with Crippen LogP contribution in [0.25, 0.3) is 0 Å². The Balaban J connectivity index is 2.08. The largest absolute Gasteiger partial charge is 0.495 e. The maximum absolute atomic E-state index is 12.3. The van der Waals surface area contributed by atoms with E-state index in [1.54, 1.807) is 20.1 Å². The number of aromatic nitrogens is 2. The predicted molar refractivity (Wildman–Crippen MR) is 98.5 cm³/mol. The second kappa shape index (κ2) is 8.98. The molecule has 0 bridgehead atoms. The number of nitrogens with zero attached hydrogens (tertiary/aromatic N) is 3. The number of para-hydroxylation sites is 2. The minimum atomic E-state index is -0.202. The van der Waals surface area contributed by atoms with Crippen LogP contribution in [0.2, 0.25) is 0 Å². The molecule has 134 valence electrons. The van der Waals surface area contributed by atoms with Gasteiger partial charge < -0.3 is 20.3 Å². The summed E-state index contributed by atoms with van der Waals surface area (Å²) in [6.07, 6.45) is 0.884. The van der Waals surface area contributed by atoms with Crippen molar-refractivity contribution in [3.05, 3.63) is 41.9 Å². The second-order valence-electron chi connectivity index (χ2n) is 5.92. The summed E-state index contributed by atoms with van der Waals surface area (Å²) in [4.78, 5) is 23.0. The summed E-state index contributed by atoms with van der Waals surface area (Å²) in [6, 6.07) is 9.17. The van der Waals surface area contributed by atoms with Crippen molar-refractivity contribution in [1.82, 2.24) is 20.2 Å². The SMILES string of the molecule is COc1ccccc1Nc1cc(C(=O)NCCCN(C)C)nc(C)n1. The molecule has 0 spiro atoms. The van der Waals surface area contributed by atoms with Crippen molar-refractivity contribution in [3.8, 4) is 5.75 Å². The molecule has 0 saturated heterocycles. The Hall–Kier alpha value is -2.67. The number of carbonyl (C=O) groups is 1. The van der Waals surface area contributed by atoms with E-state index in [0.717, 1.165) is 18.7 Å². The number of anilines is 2. The maximum atomic E-state index is 12.3. The van der Waals surface area contributed by atoms with Crippen LogP contribution in [0.3, 0.4) is 0 Å². The van der Waals surface area contributed by atoms with Gasteiger partial charge in [-0.25, -0.2) is 9.97 Å². The Morgan fingerprint density at radius 1 is 1.24 bits per heavy atom. The molecule has 2 N–H and O–H groups in total. The van der Waals surface area contributed by atoms with Crippen LogP contribution in [-0.4, -0.2) is 55.1 Å². The fraction of sp³-hybridized carbons (Fsp3) is 0.389. The van der Waals surface area contributed by atoms with Crippen LogP contribution in [0.5, 0.6) is 5.75 Å². The van der Waals surface area contributed by atoms with E-state index in [9.17, 15) is 4.79 Å². The number of rotatable bonds is 8. The summed E-state index contributed by atoms with van der Waals surface area (Å²) < 4.78 is 5.32. The highest BCUT2D eigenvalue weighted by atomic mass is 16.5. The predicted octanol–water partition coefficient (Wildman–Crippen LogP) is 2.22. The first-order valence-corrected chi connectivity index (χ1v) is 8.18. The molecular formula is C18H25N5O2. The molecule has 0 aliphatic heterocycles. The quantitative estimate of drug-likeness (QED) is 0.716. The molecule has 1 aromatic carbocycles. The van der Waals surface area contributed by atoms with E-state index in [0.29, 0.717) is 29.6 Å². The molecule has 0 atom stereocenters. The lowest BCUT2D eigenvalue weighted by molar-refractivity contribution is 0.0947. The number of hydrogen-bond acceptors (Lipinski definition) is 6. The van der Waals surface area contributed by atoms with Crippen molar-refractivity contribution >= 4 is 17.4 Å². The Labute approximate surface area is 148 Å². The van der Waals surface area contributed by atoms with E-state index in [-0.39, 0.29) is 5.91 Å². The number of aryl methyl sites for hydroxylation is 1. The summed E-state index contributed by atoms with van der Waals surface area (Å²) in [5.74, 6) is 1.58. The zero-order valence-electron chi connectivity index (χ0n) is 15.2. The Kier molecular flexibility index (Phi) is 6.71. The normalized spacial score (nSPS) is 10.6. The molecule has 0 aliphatic carbocycles. The third-order valence-electron chi connectivity index (χ3n) is 3.51. The maximum Gasteiger partial charge on any atom is 0.270 e. The molecule has 1 aromatic heterocycles. The van der Waals surface area contributed by atoms with Gasteiger partial charge in [-0.3, -0.25) is 4.79 Å². The van der Waals surface area contributed by atoms with Crippen LogP contribution in [0, 0.1) is 6.92 Å². The molecule has 0 unspecified atom stereocenters. The topological polar surface area (TPSA) is 79.4 Å². The summed E-state index contributed by atoms with van der Waals surface area (Å²) in [5.41, 5.74) is 1.12. The third-order valence-corrected chi connectivity index (χ3v) is 3.51. The van der Waals surface area contributed by atoms with Gasteiger partial charge >= 0.3 is 0 Å². The molecule has 1 heterocycles. The van der Waals surface area contributed by atoms with Crippen molar-refractivity contribution < 1.29 is 9.53 Å². The van der Waals surface area contributed by atoms with Crippen LogP contribution in [0.15, 0.2) is 30.3 Å². The summed E-state index contributed by atoms with van der Waals surface area (Å²) in [6.45, 7) is 3.29. The Morgan fingerprint density at radius 2 is 2.00 bits per heavy atom. The van der Waals surface area contributed by atoms with Gasteiger partial charge in [0, 0.05) is 12.6 Å². The average molecular weight is 343 g/mol. The molecule has 0 fully saturated rings. The van der Waals surface area contributed by atoms with Crippen LogP contribution >= 0.6 is 0 Å². The highest BCUT2D eigenvalue weighted by Crippen LogP contribution is 2.26. The molecule has 0 saturated carbocycles. The van der Waals surface area contributed by atoms with E-state index in [1.165, 1.54) is 0 Å². The molecule has 7 heteroatoms. The lowest BCUT2D eigenvalue weighted by Gasteiger charge is -2.12. The van der Waals surface area contributed by atoms with Gasteiger partial charge in [-0.05, 0) is 46.1 Å². The van der Waals surface area contributed by atoms with Crippen molar-refractivity contribution in [3.63, 3.8) is 0 Å². The lowest BCUT2D eigenvalue weighted by Crippen LogP contribution is -2.28. The number of amides is 1. The van der Waals surface area contributed by atoms with Gasteiger partial charge in [0.25, 0.3) is 5.91 Å². The number of hydrogen-bond donors (Lipinski definition) is 2. The van der Waals surface area contributed by atoms with Gasteiger partial charge in [0.15, 0.2) is 0 Å². The standard InChI is InChI=1S/C18H25N5O2/c1-13-20-15(18(24)19-10-7-11-23(2)3)12-17(21-13)22-14-8-5-6-9-16(14)25-4/h5-6,8-9,12H,7,10-11H2,1-4H3,(H,19,24)(H,20,21,22). The van der Waals surface area contributed by atoms with Crippen LogP contribution in [0.1, 0.15) is 22.7 Å². The van der Waals surface area contributed by atoms with Crippen LogP contribution in [-0.2, 0) is 0 Å². The third kappa shape index (κ3) is 5.72. The number of nitrogens with one attached hydrogen (secondary N) is 2. The van der Waals surface area contributed by atoms with E-state index in [4.69, 9.17) is 4.74 Å². The minimum absolute atomic E-state index is 0.202. The first-order chi connectivity index (χ1) is 12.0. The highest BCUT2D eigenvalue weighted by molar-refractivity contribution is 5.93. The second-order valence-corrected chi connectivity index (χ2v) is 5.92. The smallest absolute Gasteiger partial charge is 0.270 e. The number of methoxy groups -OCH3 is 1. The molecule has 7 nitrogen and oxygen atoms in total. The van der Waals surface area contributed by atoms with Crippen LogP contribution < -0.4 is 15.4 Å². The molecule has 2 aromatic rings. The fourth-order valence-electron chi connectivity index (χ4n) is 2.32. The molecule has 2 rings (SSSR count). The zero-order valence-corrected chi connectivity index (χ0v) is 15.2. The average Bonchev–Trinajstić information content (AvgIpc) is 2.58. The molecule has 0 radical (unpaired) electrons. The summed E-state index contributed by atoms with van der Waals surface area (Å²) in [5, 5.41) is 6.07. The Bertz CT molecular complexity index is 718. The minimum Gasteiger partial charge on any atom is -0.495 e. The van der Waals surface area contributed by atoms with Crippen molar-refractivity contribution in [2.24, 2.45) is 0 Å². The molecular weight excluding hydrogens is 318 g/mol. The van der Waals surface area contributed by atoms with Crippen molar-refractivity contribution in [2.45, 2.75) is 13.3 Å². The Morgan fingerprint density at radius 3 is 2.72 bits per heavy atom. The molecule has 25 heavy (non-hydrogen) atoms. The number of ether oxygens (including phenoxy) is 1. The van der Waals surface area contributed by atoms with E-state index < -0.39 is 0 Å². The molecule has 1 amide bonds. The van der Waals surface area contributed by atoms with Gasteiger partial charge in [-0.1, -0.05) is 12.1 Å². The van der Waals surface area contributed by atoms with Gasteiger partial charge in [0.05, 0.1) is 12.8 Å².